The monoisotopic (exact) mass is 558 g/mol. The smallest absolute Gasteiger partial charge is 0.338 e. The first kappa shape index (κ1) is 26.5. The molecule has 0 spiro atoms. The molecule has 0 aliphatic carbocycles. The lowest BCUT2D eigenvalue weighted by molar-refractivity contribution is -0.138. The van der Waals surface area contributed by atoms with Gasteiger partial charge in [-0.05, 0) is 54.6 Å². The van der Waals surface area contributed by atoms with E-state index >= 15 is 0 Å². The first-order valence-electron chi connectivity index (χ1n) is 12.2. The van der Waals surface area contributed by atoms with Crippen molar-refractivity contribution in [2.24, 2.45) is 4.99 Å². The maximum Gasteiger partial charge on any atom is 0.338 e. The summed E-state index contributed by atoms with van der Waals surface area (Å²) in [6.07, 6.45) is 3.69. The highest BCUT2D eigenvalue weighted by Crippen LogP contribution is 2.35. The molecule has 0 amide bonds. The van der Waals surface area contributed by atoms with Crippen LogP contribution in [-0.4, -0.2) is 35.6 Å². The molecule has 5 rings (SSSR count). The van der Waals surface area contributed by atoms with Gasteiger partial charge in [0.25, 0.3) is 5.56 Å². The topological polar surface area (TPSA) is 90.1 Å². The quantitative estimate of drug-likeness (QED) is 0.268. The largest absolute Gasteiger partial charge is 0.504 e. The predicted octanol–water partition coefficient (Wildman–Crippen LogP) is 4.37. The Balaban J connectivity index is 1.79. The van der Waals surface area contributed by atoms with Crippen molar-refractivity contribution in [2.75, 3.05) is 20.0 Å². The number of carbonyl (C=O) groups excluding carboxylic acids is 1. The number of ether oxygens (including phenoxy) is 2. The van der Waals surface area contributed by atoms with Gasteiger partial charge in [-0.2, -0.15) is 0 Å². The number of aromatic nitrogens is 1. The molecule has 1 aliphatic heterocycles. The van der Waals surface area contributed by atoms with Gasteiger partial charge >= 0.3 is 5.97 Å². The minimum atomic E-state index is -0.738. The highest BCUT2D eigenvalue weighted by atomic mass is 32.2. The number of nitrogens with zero attached hydrogens (tertiary/aromatic N) is 2. The van der Waals surface area contributed by atoms with Gasteiger partial charge in [0, 0.05) is 10.5 Å². The first-order chi connectivity index (χ1) is 18.9. The zero-order valence-electron chi connectivity index (χ0n) is 21.6. The summed E-state index contributed by atoms with van der Waals surface area (Å²) in [5.74, 6) is -0.205. The van der Waals surface area contributed by atoms with E-state index in [1.165, 1.54) is 24.5 Å². The number of rotatable bonds is 7. The molecule has 1 aromatic heterocycles. The summed E-state index contributed by atoms with van der Waals surface area (Å²) in [5, 5.41) is 10.2. The van der Waals surface area contributed by atoms with Crippen LogP contribution < -0.4 is 19.6 Å². The molecule has 7 nitrogen and oxygen atoms in total. The van der Waals surface area contributed by atoms with Crippen LogP contribution in [0.4, 0.5) is 0 Å². The van der Waals surface area contributed by atoms with E-state index in [1.807, 2.05) is 60.9 Å². The van der Waals surface area contributed by atoms with Crippen LogP contribution in [0.3, 0.4) is 0 Å². The van der Waals surface area contributed by atoms with E-state index in [0.717, 1.165) is 16.0 Å². The molecule has 0 fully saturated rings. The van der Waals surface area contributed by atoms with Crippen molar-refractivity contribution < 1.29 is 19.4 Å². The highest BCUT2D eigenvalue weighted by Gasteiger charge is 2.35. The van der Waals surface area contributed by atoms with Gasteiger partial charge in [-0.25, -0.2) is 9.79 Å². The number of phenolic OH excluding ortho intramolecular Hbond substituents is 1. The fraction of sp³-hybridized carbons (Fsp3) is 0.167. The van der Waals surface area contributed by atoms with Crippen LogP contribution in [0.1, 0.15) is 29.7 Å². The van der Waals surface area contributed by atoms with Crippen LogP contribution in [0.5, 0.6) is 11.5 Å². The van der Waals surface area contributed by atoms with E-state index in [9.17, 15) is 14.7 Å². The predicted molar refractivity (Wildman–Crippen MR) is 154 cm³/mol. The number of benzene rings is 3. The Bertz CT molecular complexity index is 1740. The lowest BCUT2D eigenvalue weighted by Gasteiger charge is -2.26. The van der Waals surface area contributed by atoms with Gasteiger partial charge in [-0.3, -0.25) is 9.36 Å². The molecule has 39 heavy (non-hydrogen) atoms. The summed E-state index contributed by atoms with van der Waals surface area (Å²) in [4.78, 5) is 33.8. The second-order valence-electron chi connectivity index (χ2n) is 8.64. The standard InChI is InChI=1S/C30H26N2O5S2/c1-4-37-29(35)25-26(19-8-6-5-7-9-19)31-30-32(27(25)20-11-13-21(38-3)14-12-20)28(34)24(39-30)17-18-10-15-23(36-2)22(33)16-18/h5-17,27,33H,4H2,1-3H3/b24-17-/t27-/m1/s1. The van der Waals surface area contributed by atoms with Crippen molar-refractivity contribution in [3.8, 4) is 11.5 Å². The molecule has 198 valence electrons. The molecule has 0 saturated heterocycles. The summed E-state index contributed by atoms with van der Waals surface area (Å²) in [6.45, 7) is 1.94. The number of aromatic hydroxyl groups is 1. The molecule has 9 heteroatoms. The van der Waals surface area contributed by atoms with Gasteiger partial charge in [-0.15, -0.1) is 11.8 Å². The molecule has 1 aliphatic rings. The first-order valence-corrected chi connectivity index (χ1v) is 14.3. The van der Waals surface area contributed by atoms with Crippen molar-refractivity contribution in [3.05, 3.63) is 115 Å². The molecule has 1 atom stereocenters. The lowest BCUT2D eigenvalue weighted by atomic mass is 9.93. The van der Waals surface area contributed by atoms with Crippen LogP contribution in [0, 0.1) is 0 Å². The van der Waals surface area contributed by atoms with E-state index in [4.69, 9.17) is 14.5 Å². The number of carbonyl (C=O) groups is 1. The third-order valence-corrected chi connectivity index (χ3v) is 8.03. The molecule has 0 unspecified atom stereocenters. The molecule has 0 radical (unpaired) electrons. The van der Waals surface area contributed by atoms with Gasteiger partial charge in [-0.1, -0.05) is 59.9 Å². The van der Waals surface area contributed by atoms with Crippen LogP contribution >= 0.6 is 23.1 Å². The Morgan fingerprint density at radius 3 is 2.51 bits per heavy atom. The fourth-order valence-electron chi connectivity index (χ4n) is 4.49. The Labute approximate surface area is 233 Å². The van der Waals surface area contributed by atoms with E-state index in [-0.39, 0.29) is 17.9 Å². The number of esters is 1. The number of hydrogen-bond acceptors (Lipinski definition) is 8. The van der Waals surface area contributed by atoms with Crippen molar-refractivity contribution in [3.63, 3.8) is 0 Å². The highest BCUT2D eigenvalue weighted by molar-refractivity contribution is 7.98. The minimum Gasteiger partial charge on any atom is -0.504 e. The van der Waals surface area contributed by atoms with Crippen LogP contribution in [0.25, 0.3) is 11.8 Å². The zero-order chi connectivity index (χ0) is 27.5. The summed E-state index contributed by atoms with van der Waals surface area (Å²) in [6, 6.07) is 21.5. The van der Waals surface area contributed by atoms with Gasteiger partial charge in [0.2, 0.25) is 0 Å². The molecule has 3 aromatic carbocycles. The average molecular weight is 559 g/mol. The maximum atomic E-state index is 13.9. The van der Waals surface area contributed by atoms with Gasteiger partial charge in [0.15, 0.2) is 16.3 Å². The number of methoxy groups -OCH3 is 1. The summed E-state index contributed by atoms with van der Waals surface area (Å²) in [5.41, 5.74) is 2.65. The number of hydrogen-bond donors (Lipinski definition) is 1. The minimum absolute atomic E-state index is 0.0262. The van der Waals surface area contributed by atoms with Gasteiger partial charge in [0.1, 0.15) is 0 Å². The summed E-state index contributed by atoms with van der Waals surface area (Å²) < 4.78 is 12.6. The summed E-state index contributed by atoms with van der Waals surface area (Å²) >= 11 is 2.84. The van der Waals surface area contributed by atoms with Crippen molar-refractivity contribution in [1.82, 2.24) is 4.57 Å². The Morgan fingerprint density at radius 1 is 1.13 bits per heavy atom. The SMILES string of the molecule is CCOC(=O)C1=C(c2ccccc2)N=c2s/c(=C\c3ccc(OC)c(O)c3)c(=O)n2[C@@H]1c1ccc(SC)cc1. The molecule has 0 saturated carbocycles. The third-order valence-electron chi connectivity index (χ3n) is 6.31. The molecule has 0 bridgehead atoms. The van der Waals surface area contributed by atoms with Crippen molar-refractivity contribution in [2.45, 2.75) is 17.9 Å². The van der Waals surface area contributed by atoms with Gasteiger partial charge < -0.3 is 14.6 Å². The maximum absolute atomic E-state index is 13.9. The average Bonchev–Trinajstić information content (AvgIpc) is 3.27. The second kappa shape index (κ2) is 11.3. The molecule has 4 aromatic rings. The number of phenols is 1. The van der Waals surface area contributed by atoms with Crippen LogP contribution in [0.15, 0.2) is 93.1 Å². The van der Waals surface area contributed by atoms with Crippen molar-refractivity contribution in [1.29, 1.82) is 0 Å². The van der Waals surface area contributed by atoms with E-state index < -0.39 is 12.0 Å². The normalized spacial score (nSPS) is 15.1. The summed E-state index contributed by atoms with van der Waals surface area (Å²) in [7, 11) is 1.48. The second-order valence-corrected chi connectivity index (χ2v) is 10.5. The Morgan fingerprint density at radius 2 is 1.87 bits per heavy atom. The van der Waals surface area contributed by atoms with Crippen LogP contribution in [0.2, 0.25) is 0 Å². The lowest BCUT2D eigenvalue weighted by Crippen LogP contribution is -2.40. The van der Waals surface area contributed by atoms with E-state index in [2.05, 4.69) is 0 Å². The van der Waals surface area contributed by atoms with E-state index in [1.54, 1.807) is 41.5 Å². The Kier molecular flexibility index (Phi) is 7.72. The van der Waals surface area contributed by atoms with E-state index in [0.29, 0.717) is 31.9 Å². The third kappa shape index (κ3) is 5.15. The molecule has 1 N–H and O–H groups in total. The fourth-order valence-corrected chi connectivity index (χ4v) is 5.90. The molecular weight excluding hydrogens is 532 g/mol. The van der Waals surface area contributed by atoms with Crippen LogP contribution in [-0.2, 0) is 9.53 Å². The molecular formula is C30H26N2O5S2. The van der Waals surface area contributed by atoms with Gasteiger partial charge in [0.05, 0.1) is 35.6 Å². The zero-order valence-corrected chi connectivity index (χ0v) is 23.2. The molecule has 2 heterocycles. The number of fused-ring (bicyclic) bond motifs is 1. The number of thiazole rings is 1. The van der Waals surface area contributed by atoms with Crippen molar-refractivity contribution >= 4 is 40.8 Å². The number of thioether (sulfide) groups is 1. The Hall–Kier alpha value is -4.08.